The van der Waals surface area contributed by atoms with E-state index in [1.165, 1.54) is 0 Å². The lowest BCUT2D eigenvalue weighted by Crippen LogP contribution is -2.49. The summed E-state index contributed by atoms with van der Waals surface area (Å²) in [5.41, 5.74) is 0.732. The van der Waals surface area contributed by atoms with Crippen LogP contribution in [-0.2, 0) is 4.79 Å². The average molecular weight is 294 g/mol. The van der Waals surface area contributed by atoms with E-state index in [1.807, 2.05) is 6.07 Å². The first-order valence-electron chi connectivity index (χ1n) is 6.58. The molecule has 20 heavy (non-hydrogen) atoms. The number of hydrogen-bond donors (Lipinski definition) is 3. The van der Waals surface area contributed by atoms with E-state index < -0.39 is 12.0 Å². The lowest BCUT2D eigenvalue weighted by atomic mass is 10.3. The largest absolute Gasteiger partial charge is 0.480 e. The Kier molecular flexibility index (Phi) is 5.25. The van der Waals surface area contributed by atoms with E-state index in [4.69, 9.17) is 12.2 Å². The van der Waals surface area contributed by atoms with Crippen molar-refractivity contribution in [3.8, 4) is 0 Å². The van der Waals surface area contributed by atoms with Gasteiger partial charge in [0.1, 0.15) is 6.04 Å². The van der Waals surface area contributed by atoms with Gasteiger partial charge in [-0.15, -0.1) is 0 Å². The number of pyridine rings is 1. The van der Waals surface area contributed by atoms with Crippen molar-refractivity contribution in [2.24, 2.45) is 0 Å². The van der Waals surface area contributed by atoms with Crippen LogP contribution < -0.4 is 10.6 Å². The topological polar surface area (TPSA) is 77.5 Å². The summed E-state index contributed by atoms with van der Waals surface area (Å²) in [4.78, 5) is 17.4. The van der Waals surface area contributed by atoms with Crippen LogP contribution in [0.25, 0.3) is 0 Å². The Morgan fingerprint density at radius 2 is 2.25 bits per heavy atom. The van der Waals surface area contributed by atoms with Gasteiger partial charge >= 0.3 is 5.97 Å². The third-order valence-corrected chi connectivity index (χ3v) is 3.38. The zero-order valence-electron chi connectivity index (χ0n) is 11.1. The van der Waals surface area contributed by atoms with Gasteiger partial charge in [-0.25, -0.2) is 4.79 Å². The molecule has 1 fully saturated rings. The van der Waals surface area contributed by atoms with Crippen molar-refractivity contribution in [1.82, 2.24) is 15.2 Å². The molecule has 1 aliphatic rings. The first-order chi connectivity index (χ1) is 9.65. The number of hydrogen-bond acceptors (Lipinski definition) is 4. The minimum Gasteiger partial charge on any atom is -0.480 e. The molecule has 0 spiro atoms. The van der Waals surface area contributed by atoms with Crippen LogP contribution in [-0.4, -0.2) is 51.7 Å². The Labute approximate surface area is 123 Å². The van der Waals surface area contributed by atoms with Crippen LogP contribution in [0.2, 0.25) is 0 Å². The van der Waals surface area contributed by atoms with Crippen molar-refractivity contribution in [1.29, 1.82) is 0 Å². The Balaban J connectivity index is 1.87. The van der Waals surface area contributed by atoms with Gasteiger partial charge in [-0.1, -0.05) is 0 Å². The normalized spacial score (nSPS) is 16.6. The summed E-state index contributed by atoms with van der Waals surface area (Å²) < 4.78 is 0. The van der Waals surface area contributed by atoms with E-state index in [1.54, 1.807) is 18.5 Å². The van der Waals surface area contributed by atoms with Crippen molar-refractivity contribution < 1.29 is 9.90 Å². The molecule has 0 aromatic carbocycles. The molecule has 1 aliphatic heterocycles. The molecule has 1 atom stereocenters. The third kappa shape index (κ3) is 4.43. The fourth-order valence-corrected chi connectivity index (χ4v) is 2.43. The van der Waals surface area contributed by atoms with Gasteiger partial charge in [-0.2, -0.15) is 0 Å². The van der Waals surface area contributed by atoms with Gasteiger partial charge in [0.25, 0.3) is 0 Å². The van der Waals surface area contributed by atoms with Crippen LogP contribution in [0.1, 0.15) is 12.8 Å². The van der Waals surface area contributed by atoms with Gasteiger partial charge in [0.15, 0.2) is 5.11 Å². The molecule has 1 aromatic rings. The van der Waals surface area contributed by atoms with Gasteiger partial charge < -0.3 is 20.6 Å². The van der Waals surface area contributed by atoms with E-state index in [0.717, 1.165) is 31.6 Å². The van der Waals surface area contributed by atoms with Gasteiger partial charge in [0.05, 0.1) is 11.9 Å². The number of carbonyl (C=O) groups is 1. The Morgan fingerprint density at radius 1 is 1.50 bits per heavy atom. The number of nitrogens with one attached hydrogen (secondary N) is 2. The quantitative estimate of drug-likeness (QED) is 0.697. The molecule has 2 heterocycles. The molecule has 1 aromatic heterocycles. The summed E-state index contributed by atoms with van der Waals surface area (Å²) >= 11 is 5.14. The molecule has 0 saturated carbocycles. The number of rotatable bonds is 5. The molecule has 3 N–H and O–H groups in total. The second kappa shape index (κ2) is 7.16. The van der Waals surface area contributed by atoms with Gasteiger partial charge in [0, 0.05) is 12.7 Å². The highest BCUT2D eigenvalue weighted by atomic mass is 32.1. The number of carboxylic acids is 1. The lowest BCUT2D eigenvalue weighted by molar-refractivity contribution is -0.139. The molecular formula is C13H18N4O2S. The van der Waals surface area contributed by atoms with Gasteiger partial charge in [-0.3, -0.25) is 4.98 Å². The van der Waals surface area contributed by atoms with Crippen molar-refractivity contribution in [2.75, 3.05) is 25.0 Å². The zero-order valence-corrected chi connectivity index (χ0v) is 11.9. The number of aromatic nitrogens is 1. The second-order valence-electron chi connectivity index (χ2n) is 4.74. The van der Waals surface area contributed by atoms with E-state index >= 15 is 0 Å². The summed E-state index contributed by atoms with van der Waals surface area (Å²) in [7, 11) is 0. The molecule has 0 radical (unpaired) electrons. The molecular weight excluding hydrogens is 276 g/mol. The summed E-state index contributed by atoms with van der Waals surface area (Å²) in [6.07, 6.45) is 5.55. The predicted octanol–water partition coefficient (Wildman–Crippen LogP) is 0.917. The van der Waals surface area contributed by atoms with Crippen molar-refractivity contribution >= 4 is 29.0 Å². The Morgan fingerprint density at radius 3 is 2.85 bits per heavy atom. The monoisotopic (exact) mass is 294 g/mol. The summed E-state index contributed by atoms with van der Waals surface area (Å²) in [6, 6.07) is 2.89. The Bertz CT molecular complexity index is 463. The smallest absolute Gasteiger partial charge is 0.327 e. The summed E-state index contributed by atoms with van der Waals surface area (Å²) in [5.74, 6) is -0.896. The second-order valence-corrected chi connectivity index (χ2v) is 5.15. The molecule has 1 saturated heterocycles. The van der Waals surface area contributed by atoms with Crippen molar-refractivity contribution in [2.45, 2.75) is 18.9 Å². The molecule has 108 valence electrons. The highest BCUT2D eigenvalue weighted by molar-refractivity contribution is 7.80. The fraction of sp³-hybridized carbons (Fsp3) is 0.462. The van der Waals surface area contributed by atoms with Crippen LogP contribution in [0.15, 0.2) is 24.5 Å². The average Bonchev–Trinajstić information content (AvgIpc) is 2.92. The molecule has 6 nitrogen and oxygen atoms in total. The highest BCUT2D eigenvalue weighted by Gasteiger charge is 2.23. The number of thiocarbonyl (C=S) groups is 1. The standard InChI is InChI=1S/C13H18N4O2S/c18-12(19)11(9-17-6-1-2-7-17)16-13(20)15-10-4-3-5-14-8-10/h3-5,8,11H,1-2,6-7,9H2,(H,18,19)(H2,15,16,20). The number of carboxylic acid groups (broad SMARTS) is 1. The molecule has 2 rings (SSSR count). The predicted molar refractivity (Wildman–Crippen MR) is 80.7 cm³/mol. The number of aliphatic carboxylic acids is 1. The SMILES string of the molecule is O=C(O)C(CN1CCCC1)NC(=S)Nc1cccnc1. The van der Waals surface area contributed by atoms with E-state index in [0.29, 0.717) is 11.7 Å². The van der Waals surface area contributed by atoms with Crippen molar-refractivity contribution in [3.63, 3.8) is 0 Å². The molecule has 7 heteroatoms. The molecule has 1 unspecified atom stereocenters. The Hall–Kier alpha value is -1.73. The minimum absolute atomic E-state index is 0.296. The zero-order chi connectivity index (χ0) is 14.4. The third-order valence-electron chi connectivity index (χ3n) is 3.16. The van der Waals surface area contributed by atoms with Crippen LogP contribution >= 0.6 is 12.2 Å². The summed E-state index contributed by atoms with van der Waals surface area (Å²) in [6.45, 7) is 2.37. The van der Waals surface area contributed by atoms with Crippen LogP contribution in [0.4, 0.5) is 5.69 Å². The maximum atomic E-state index is 11.3. The van der Waals surface area contributed by atoms with Crippen LogP contribution in [0.5, 0.6) is 0 Å². The maximum Gasteiger partial charge on any atom is 0.327 e. The van der Waals surface area contributed by atoms with Gasteiger partial charge in [-0.05, 0) is 50.3 Å². The first-order valence-corrected chi connectivity index (χ1v) is 6.98. The molecule has 0 amide bonds. The number of nitrogens with zero attached hydrogens (tertiary/aromatic N) is 2. The van der Waals surface area contributed by atoms with E-state index in [-0.39, 0.29) is 0 Å². The lowest BCUT2D eigenvalue weighted by Gasteiger charge is -2.22. The summed E-state index contributed by atoms with van der Waals surface area (Å²) in [5, 5.41) is 15.3. The number of anilines is 1. The van der Waals surface area contributed by atoms with Gasteiger partial charge in [0.2, 0.25) is 0 Å². The van der Waals surface area contributed by atoms with E-state index in [9.17, 15) is 9.90 Å². The molecule has 0 bridgehead atoms. The van der Waals surface area contributed by atoms with E-state index in [2.05, 4.69) is 20.5 Å². The maximum absolute atomic E-state index is 11.3. The highest BCUT2D eigenvalue weighted by Crippen LogP contribution is 2.08. The van der Waals surface area contributed by atoms with Crippen LogP contribution in [0, 0.1) is 0 Å². The molecule has 0 aliphatic carbocycles. The van der Waals surface area contributed by atoms with Crippen molar-refractivity contribution in [3.05, 3.63) is 24.5 Å². The fourth-order valence-electron chi connectivity index (χ4n) is 2.17. The first kappa shape index (κ1) is 14.7. The minimum atomic E-state index is -0.896. The van der Waals surface area contributed by atoms with Crippen LogP contribution in [0.3, 0.4) is 0 Å². The number of likely N-dealkylation sites (tertiary alicyclic amines) is 1.